The van der Waals surface area contributed by atoms with E-state index in [1.807, 2.05) is 12.1 Å². The Labute approximate surface area is 134 Å². The third-order valence-corrected chi connectivity index (χ3v) is 6.30. The van der Waals surface area contributed by atoms with Gasteiger partial charge in [-0.1, -0.05) is 11.2 Å². The fraction of sp³-hybridized carbons (Fsp3) is 0.688. The van der Waals surface area contributed by atoms with Crippen LogP contribution in [0.4, 0.5) is 0 Å². The lowest BCUT2D eigenvalue weighted by Crippen LogP contribution is -2.63. The fourth-order valence-corrected chi connectivity index (χ4v) is 6.20. The van der Waals surface area contributed by atoms with Crippen molar-refractivity contribution in [3.8, 4) is 0 Å². The summed E-state index contributed by atoms with van der Waals surface area (Å²) in [5.74, 6) is 0.766. The van der Waals surface area contributed by atoms with E-state index in [9.17, 15) is 5.11 Å². The minimum absolute atomic E-state index is 0.0592. The largest absolute Gasteiger partial charge is 0.389 e. The molecule has 0 aliphatic heterocycles. The van der Waals surface area contributed by atoms with Gasteiger partial charge in [-0.15, -0.1) is 11.6 Å². The number of hydrogen-bond donors (Lipinski definition) is 1. The first-order chi connectivity index (χ1) is 10.5. The van der Waals surface area contributed by atoms with Crippen LogP contribution in [0.1, 0.15) is 43.7 Å². The van der Waals surface area contributed by atoms with E-state index in [1.165, 1.54) is 0 Å². The van der Waals surface area contributed by atoms with Crippen LogP contribution in [0.15, 0.2) is 29.6 Å². The molecule has 1 aromatic heterocycles. The fourth-order valence-electron chi connectivity index (χ4n) is 5.56. The van der Waals surface area contributed by atoms with Crippen molar-refractivity contribution >= 4 is 11.6 Å². The summed E-state index contributed by atoms with van der Waals surface area (Å²) < 4.78 is 0. The van der Waals surface area contributed by atoms with Crippen LogP contribution < -0.4 is 0 Å². The summed E-state index contributed by atoms with van der Waals surface area (Å²) >= 11 is 6.74. The molecule has 1 unspecified atom stereocenters. The molecule has 5 rings (SSSR count). The van der Waals surface area contributed by atoms with E-state index >= 15 is 0 Å². The van der Waals surface area contributed by atoms with Crippen LogP contribution in [-0.2, 0) is 0 Å². The third-order valence-electron chi connectivity index (χ3n) is 5.85. The first-order valence-corrected chi connectivity index (χ1v) is 8.26. The second-order valence-corrected chi connectivity index (χ2v) is 8.17. The predicted octanol–water partition coefficient (Wildman–Crippen LogP) is 3.98. The number of alkyl halides is 1. The Bertz CT molecular complexity index is 634. The van der Waals surface area contributed by atoms with Crippen molar-refractivity contribution in [2.75, 3.05) is 0 Å². The minimum Gasteiger partial charge on any atom is -0.389 e. The number of aliphatic hydroxyl groups is 1. The van der Waals surface area contributed by atoms with Crippen LogP contribution in [0.3, 0.4) is 0 Å². The van der Waals surface area contributed by atoms with E-state index in [1.54, 1.807) is 12.4 Å². The van der Waals surface area contributed by atoms with E-state index < -0.39 is 5.60 Å². The quantitative estimate of drug-likeness (QED) is 0.396. The van der Waals surface area contributed by atoms with Crippen molar-refractivity contribution in [2.24, 2.45) is 22.9 Å². The molecule has 0 saturated heterocycles. The zero-order valence-corrected chi connectivity index (χ0v) is 13.0. The highest BCUT2D eigenvalue weighted by molar-refractivity contribution is 6.24. The molecule has 0 radical (unpaired) electrons. The van der Waals surface area contributed by atoms with Crippen molar-refractivity contribution < 1.29 is 5.11 Å². The van der Waals surface area contributed by atoms with Gasteiger partial charge in [0.1, 0.15) is 0 Å². The van der Waals surface area contributed by atoms with Gasteiger partial charge in [-0.05, 0) is 61.1 Å². The Balaban J connectivity index is 1.76. The van der Waals surface area contributed by atoms with E-state index in [4.69, 9.17) is 17.1 Å². The molecule has 1 aromatic rings. The molecule has 4 fully saturated rings. The van der Waals surface area contributed by atoms with Gasteiger partial charge < -0.3 is 5.11 Å². The van der Waals surface area contributed by atoms with Crippen molar-refractivity contribution in [1.29, 1.82) is 0 Å². The zero-order chi connectivity index (χ0) is 15.4. The normalized spacial score (nSPS) is 43.6. The van der Waals surface area contributed by atoms with Crippen molar-refractivity contribution in [3.63, 3.8) is 0 Å². The smallest absolute Gasteiger partial charge is 0.0705 e. The average Bonchev–Trinajstić information content (AvgIpc) is 2.44. The van der Waals surface area contributed by atoms with E-state index in [0.29, 0.717) is 18.3 Å². The Kier molecular flexibility index (Phi) is 3.16. The molecule has 1 heterocycles. The maximum atomic E-state index is 11.3. The molecule has 5 nitrogen and oxygen atoms in total. The minimum atomic E-state index is -0.819. The number of aromatic nitrogens is 1. The van der Waals surface area contributed by atoms with Gasteiger partial charge in [-0.3, -0.25) is 4.98 Å². The highest BCUT2D eigenvalue weighted by Gasteiger charge is 2.63. The molecular formula is C16H19ClN4O. The Morgan fingerprint density at radius 1 is 1.45 bits per heavy atom. The molecule has 4 aliphatic carbocycles. The van der Waals surface area contributed by atoms with Crippen LogP contribution in [-0.4, -0.2) is 20.6 Å². The molecule has 4 saturated carbocycles. The second kappa shape index (κ2) is 4.85. The second-order valence-electron chi connectivity index (χ2n) is 7.37. The number of halogens is 1. The Morgan fingerprint density at radius 2 is 2.32 bits per heavy atom. The van der Waals surface area contributed by atoms with Crippen molar-refractivity contribution in [3.05, 3.63) is 40.5 Å². The number of azide groups is 1. The van der Waals surface area contributed by atoms with Gasteiger partial charge in [0.25, 0.3) is 0 Å². The van der Waals surface area contributed by atoms with Gasteiger partial charge in [0.2, 0.25) is 0 Å². The van der Waals surface area contributed by atoms with E-state index in [0.717, 1.165) is 31.2 Å². The molecule has 22 heavy (non-hydrogen) atoms. The summed E-state index contributed by atoms with van der Waals surface area (Å²) in [5, 5.41) is 15.3. The van der Waals surface area contributed by atoms with E-state index in [-0.39, 0.29) is 16.8 Å². The molecule has 0 spiro atoms. The number of nitrogens with zero attached hydrogens (tertiary/aromatic N) is 4. The van der Waals surface area contributed by atoms with Gasteiger partial charge in [0, 0.05) is 28.1 Å². The summed E-state index contributed by atoms with van der Waals surface area (Å²) in [6.45, 7) is 0. The molecule has 4 bridgehead atoms. The van der Waals surface area contributed by atoms with Gasteiger partial charge in [-0.2, -0.15) is 0 Å². The number of rotatable bonds is 3. The molecule has 4 aliphatic rings. The number of hydrogen-bond acceptors (Lipinski definition) is 3. The standard InChI is InChI=1S/C16H19ClN4O/c17-15-5-10-4-12(7-15)13(16(22,6-10)9-15)14(20-21-18)11-2-1-3-19-8-11/h1-3,8,10,12-14,22H,4-7,9H2/t10-,12?,13+,14-,15-,16-/m0/s1. The monoisotopic (exact) mass is 318 g/mol. The third kappa shape index (κ3) is 2.11. The molecule has 116 valence electrons. The summed E-state index contributed by atoms with van der Waals surface area (Å²) in [6.07, 6.45) is 7.84. The highest BCUT2D eigenvalue weighted by atomic mass is 35.5. The molecule has 0 aromatic carbocycles. The van der Waals surface area contributed by atoms with Crippen molar-refractivity contribution in [1.82, 2.24) is 4.98 Å². The lowest BCUT2D eigenvalue weighted by Gasteiger charge is -2.63. The van der Waals surface area contributed by atoms with Crippen LogP contribution in [0.25, 0.3) is 10.4 Å². The van der Waals surface area contributed by atoms with E-state index in [2.05, 4.69) is 15.0 Å². The lowest BCUT2D eigenvalue weighted by atomic mass is 9.48. The molecule has 1 N–H and O–H groups in total. The highest BCUT2D eigenvalue weighted by Crippen LogP contribution is 2.65. The lowest BCUT2D eigenvalue weighted by molar-refractivity contribution is -0.170. The Hall–Kier alpha value is -1.29. The maximum Gasteiger partial charge on any atom is 0.0705 e. The topological polar surface area (TPSA) is 81.9 Å². The maximum absolute atomic E-state index is 11.3. The summed E-state index contributed by atoms with van der Waals surface area (Å²) in [4.78, 5) is 6.94. The van der Waals surface area contributed by atoms with Crippen LogP contribution in [0.2, 0.25) is 0 Å². The number of pyridine rings is 1. The first kappa shape index (κ1) is 14.3. The van der Waals surface area contributed by atoms with Gasteiger partial charge in [0.05, 0.1) is 11.6 Å². The van der Waals surface area contributed by atoms with Crippen LogP contribution in [0, 0.1) is 17.8 Å². The molecule has 0 amide bonds. The summed E-state index contributed by atoms with van der Waals surface area (Å²) in [5.41, 5.74) is 9.08. The van der Waals surface area contributed by atoms with Gasteiger partial charge >= 0.3 is 0 Å². The molecule has 6 heteroatoms. The Morgan fingerprint density at radius 3 is 2.95 bits per heavy atom. The van der Waals surface area contributed by atoms with Crippen LogP contribution in [0.5, 0.6) is 0 Å². The van der Waals surface area contributed by atoms with Gasteiger partial charge in [0.15, 0.2) is 0 Å². The predicted molar refractivity (Wildman–Crippen MR) is 83.2 cm³/mol. The van der Waals surface area contributed by atoms with Crippen molar-refractivity contribution in [2.45, 2.75) is 48.6 Å². The zero-order valence-electron chi connectivity index (χ0n) is 12.3. The first-order valence-electron chi connectivity index (χ1n) is 7.88. The summed E-state index contributed by atoms with van der Waals surface area (Å²) in [6, 6.07) is 3.41. The average molecular weight is 319 g/mol. The molecular weight excluding hydrogens is 300 g/mol. The molecule has 6 atom stereocenters. The SMILES string of the molecule is [N-]=[N+]=N[C@@H](c1cccnc1)[C@H]1C2C[C@H]3C[C@](Cl)(C2)C[C@@]1(O)C3. The summed E-state index contributed by atoms with van der Waals surface area (Å²) in [7, 11) is 0. The van der Waals surface area contributed by atoms with Crippen LogP contribution >= 0.6 is 11.6 Å². The van der Waals surface area contributed by atoms with Gasteiger partial charge in [-0.25, -0.2) is 0 Å².